The van der Waals surface area contributed by atoms with Crippen molar-refractivity contribution >= 4 is 38.8 Å². The van der Waals surface area contributed by atoms with Crippen molar-refractivity contribution in [1.29, 1.82) is 0 Å². The number of benzene rings is 1. The van der Waals surface area contributed by atoms with Gasteiger partial charge in [-0.15, -0.1) is 11.3 Å². The molecule has 0 atom stereocenters. The van der Waals surface area contributed by atoms with Crippen molar-refractivity contribution < 1.29 is 0 Å². The minimum absolute atomic E-state index is 0.0407. The second-order valence-electron chi connectivity index (χ2n) is 4.62. The lowest BCUT2D eigenvalue weighted by molar-refractivity contribution is 0.750. The Morgan fingerprint density at radius 1 is 1.45 bits per heavy atom. The number of aryl methyl sites for hydroxylation is 1. The first kappa shape index (κ1) is 13.1. The SMILES string of the molecule is Cc1csc2c(=O)n(Cc3ccc(N)cc3Cl)cnc12. The van der Waals surface area contributed by atoms with Crippen LogP contribution in [0, 0.1) is 6.92 Å². The average molecular weight is 306 g/mol. The molecule has 102 valence electrons. The van der Waals surface area contributed by atoms with Crippen molar-refractivity contribution in [2.24, 2.45) is 0 Å². The highest BCUT2D eigenvalue weighted by atomic mass is 35.5. The summed E-state index contributed by atoms with van der Waals surface area (Å²) in [6.45, 7) is 2.34. The number of thiophene rings is 1. The number of rotatable bonds is 2. The molecule has 0 fully saturated rings. The van der Waals surface area contributed by atoms with Gasteiger partial charge in [0, 0.05) is 10.7 Å². The van der Waals surface area contributed by atoms with E-state index in [0.717, 1.165) is 16.6 Å². The van der Waals surface area contributed by atoms with Crippen molar-refractivity contribution in [3.05, 3.63) is 56.4 Å². The third-order valence-electron chi connectivity index (χ3n) is 3.14. The van der Waals surface area contributed by atoms with Gasteiger partial charge in [0.25, 0.3) is 5.56 Å². The molecule has 0 radical (unpaired) electrons. The molecule has 20 heavy (non-hydrogen) atoms. The van der Waals surface area contributed by atoms with Gasteiger partial charge in [-0.1, -0.05) is 17.7 Å². The van der Waals surface area contributed by atoms with Gasteiger partial charge in [-0.3, -0.25) is 9.36 Å². The third-order valence-corrected chi connectivity index (χ3v) is 4.57. The summed E-state index contributed by atoms with van der Waals surface area (Å²) in [6.07, 6.45) is 1.57. The minimum atomic E-state index is -0.0407. The third kappa shape index (κ3) is 2.19. The molecule has 0 bridgehead atoms. The lowest BCUT2D eigenvalue weighted by atomic mass is 10.2. The Hall–Kier alpha value is -1.85. The lowest BCUT2D eigenvalue weighted by Crippen LogP contribution is -2.20. The number of hydrogen-bond acceptors (Lipinski definition) is 4. The zero-order valence-electron chi connectivity index (χ0n) is 10.8. The zero-order chi connectivity index (χ0) is 14.3. The van der Waals surface area contributed by atoms with Crippen LogP contribution in [0.3, 0.4) is 0 Å². The number of hydrogen-bond donors (Lipinski definition) is 1. The molecule has 0 spiro atoms. The molecular formula is C14H12ClN3OS. The summed E-state index contributed by atoms with van der Waals surface area (Å²) in [5, 5.41) is 2.50. The van der Waals surface area contributed by atoms with Crippen LogP contribution >= 0.6 is 22.9 Å². The summed E-state index contributed by atoms with van der Waals surface area (Å²) in [6, 6.07) is 5.28. The van der Waals surface area contributed by atoms with E-state index in [1.54, 1.807) is 23.0 Å². The molecule has 2 aromatic heterocycles. The predicted molar refractivity (Wildman–Crippen MR) is 83.6 cm³/mol. The monoisotopic (exact) mass is 305 g/mol. The fourth-order valence-corrected chi connectivity index (χ4v) is 3.25. The topological polar surface area (TPSA) is 60.9 Å². The van der Waals surface area contributed by atoms with Crippen LogP contribution in [0.4, 0.5) is 5.69 Å². The Morgan fingerprint density at radius 2 is 2.25 bits per heavy atom. The summed E-state index contributed by atoms with van der Waals surface area (Å²) in [5.74, 6) is 0. The molecule has 6 heteroatoms. The quantitative estimate of drug-likeness (QED) is 0.740. The number of nitrogens with two attached hydrogens (primary N) is 1. The molecule has 2 heterocycles. The molecule has 0 saturated carbocycles. The van der Waals surface area contributed by atoms with E-state index in [9.17, 15) is 4.79 Å². The molecule has 0 saturated heterocycles. The summed E-state index contributed by atoms with van der Waals surface area (Å²) >= 11 is 7.56. The van der Waals surface area contributed by atoms with E-state index in [2.05, 4.69) is 4.98 Å². The molecule has 0 aliphatic heterocycles. The standard InChI is InChI=1S/C14H12ClN3OS/c1-8-6-20-13-12(8)17-7-18(14(13)19)5-9-2-3-10(16)4-11(9)15/h2-4,6-7H,5,16H2,1H3. The fraction of sp³-hybridized carbons (Fsp3) is 0.143. The largest absolute Gasteiger partial charge is 0.399 e. The Balaban J connectivity index is 2.07. The van der Waals surface area contributed by atoms with E-state index < -0.39 is 0 Å². The maximum Gasteiger partial charge on any atom is 0.271 e. The Morgan fingerprint density at radius 3 is 3.00 bits per heavy atom. The number of anilines is 1. The van der Waals surface area contributed by atoms with Crippen molar-refractivity contribution in [1.82, 2.24) is 9.55 Å². The van der Waals surface area contributed by atoms with E-state index in [1.807, 2.05) is 18.4 Å². The van der Waals surface area contributed by atoms with Crippen LogP contribution in [0.15, 0.2) is 34.7 Å². The summed E-state index contributed by atoms with van der Waals surface area (Å²) in [5.41, 5.74) is 8.88. The smallest absolute Gasteiger partial charge is 0.271 e. The van der Waals surface area contributed by atoms with Gasteiger partial charge >= 0.3 is 0 Å². The fourth-order valence-electron chi connectivity index (χ4n) is 2.05. The van der Waals surface area contributed by atoms with Gasteiger partial charge in [0.2, 0.25) is 0 Å². The van der Waals surface area contributed by atoms with Crippen molar-refractivity contribution in [3.63, 3.8) is 0 Å². The molecule has 0 aliphatic rings. The van der Waals surface area contributed by atoms with Gasteiger partial charge < -0.3 is 5.73 Å². The first-order valence-electron chi connectivity index (χ1n) is 6.03. The zero-order valence-corrected chi connectivity index (χ0v) is 12.3. The van der Waals surface area contributed by atoms with E-state index >= 15 is 0 Å². The van der Waals surface area contributed by atoms with Gasteiger partial charge in [-0.05, 0) is 35.6 Å². The van der Waals surface area contributed by atoms with Crippen molar-refractivity contribution in [2.45, 2.75) is 13.5 Å². The molecule has 3 aromatic rings. The van der Waals surface area contributed by atoms with E-state index in [-0.39, 0.29) is 5.56 Å². The predicted octanol–water partition coefficient (Wildman–Crippen LogP) is 3.05. The van der Waals surface area contributed by atoms with E-state index in [0.29, 0.717) is 22.0 Å². The van der Waals surface area contributed by atoms with Crippen molar-refractivity contribution in [3.8, 4) is 0 Å². The normalized spacial score (nSPS) is 11.1. The molecule has 0 amide bonds. The maximum absolute atomic E-state index is 12.4. The maximum atomic E-state index is 12.4. The molecule has 0 unspecified atom stereocenters. The summed E-state index contributed by atoms with van der Waals surface area (Å²) in [7, 11) is 0. The molecule has 4 nitrogen and oxygen atoms in total. The molecule has 1 aromatic carbocycles. The highest BCUT2D eigenvalue weighted by Gasteiger charge is 2.10. The van der Waals surface area contributed by atoms with Crippen molar-refractivity contribution in [2.75, 3.05) is 5.73 Å². The Bertz CT molecular complexity index is 853. The second kappa shape index (κ2) is 4.92. The lowest BCUT2D eigenvalue weighted by Gasteiger charge is -2.08. The molecule has 3 rings (SSSR count). The summed E-state index contributed by atoms with van der Waals surface area (Å²) < 4.78 is 2.24. The number of fused-ring (bicyclic) bond motifs is 1. The Labute approximate surface area is 124 Å². The molecular weight excluding hydrogens is 294 g/mol. The van der Waals surface area contributed by atoms with Crippen LogP contribution < -0.4 is 11.3 Å². The molecule has 2 N–H and O–H groups in total. The highest BCUT2D eigenvalue weighted by molar-refractivity contribution is 7.17. The van der Waals surface area contributed by atoms with Crippen LogP contribution in [0.1, 0.15) is 11.1 Å². The van der Waals surface area contributed by atoms with Crippen LogP contribution in [0.25, 0.3) is 10.2 Å². The van der Waals surface area contributed by atoms with Crippen LogP contribution in [-0.2, 0) is 6.54 Å². The van der Waals surface area contributed by atoms with Crippen LogP contribution in [0.5, 0.6) is 0 Å². The number of aromatic nitrogens is 2. The van der Waals surface area contributed by atoms with E-state index in [4.69, 9.17) is 17.3 Å². The number of nitrogens with zero attached hydrogens (tertiary/aromatic N) is 2. The first-order chi connectivity index (χ1) is 9.56. The number of halogens is 1. The van der Waals surface area contributed by atoms with Gasteiger partial charge in [0.05, 0.1) is 18.4 Å². The number of nitrogen functional groups attached to an aromatic ring is 1. The minimum Gasteiger partial charge on any atom is -0.399 e. The van der Waals surface area contributed by atoms with Gasteiger partial charge in [0.1, 0.15) is 4.70 Å². The van der Waals surface area contributed by atoms with Crippen LogP contribution in [-0.4, -0.2) is 9.55 Å². The van der Waals surface area contributed by atoms with E-state index in [1.165, 1.54) is 11.3 Å². The summed E-state index contributed by atoms with van der Waals surface area (Å²) in [4.78, 5) is 16.7. The Kier molecular flexibility index (Phi) is 3.23. The second-order valence-corrected chi connectivity index (χ2v) is 5.91. The van der Waals surface area contributed by atoms with Gasteiger partial charge in [-0.2, -0.15) is 0 Å². The highest BCUT2D eigenvalue weighted by Crippen LogP contribution is 2.22. The van der Waals surface area contributed by atoms with Gasteiger partial charge in [0.15, 0.2) is 0 Å². The first-order valence-corrected chi connectivity index (χ1v) is 7.29. The van der Waals surface area contributed by atoms with Gasteiger partial charge in [-0.25, -0.2) is 4.98 Å². The average Bonchev–Trinajstić information content (AvgIpc) is 2.78. The molecule has 0 aliphatic carbocycles. The van der Waals surface area contributed by atoms with Crippen LogP contribution in [0.2, 0.25) is 5.02 Å².